The second-order valence-corrected chi connectivity index (χ2v) is 6.95. The SMILES string of the molecule is CC(C)CCOc1ccc2c(c1)CCS2(=O)=O. The van der Waals surface area contributed by atoms with Gasteiger partial charge < -0.3 is 4.74 Å². The molecule has 0 aromatic heterocycles. The van der Waals surface area contributed by atoms with Gasteiger partial charge in [0.1, 0.15) is 5.75 Å². The molecule has 0 N–H and O–H groups in total. The molecule has 2 rings (SSSR count). The van der Waals surface area contributed by atoms with Crippen molar-refractivity contribution in [2.24, 2.45) is 5.92 Å². The molecule has 0 spiro atoms. The highest BCUT2D eigenvalue weighted by atomic mass is 32.2. The van der Waals surface area contributed by atoms with Crippen molar-refractivity contribution in [1.29, 1.82) is 0 Å². The smallest absolute Gasteiger partial charge is 0.178 e. The molecular formula is C13H18O3S. The Morgan fingerprint density at radius 1 is 1.35 bits per heavy atom. The van der Waals surface area contributed by atoms with Gasteiger partial charge in [0.2, 0.25) is 0 Å². The average molecular weight is 254 g/mol. The van der Waals surface area contributed by atoms with Crippen molar-refractivity contribution in [3.63, 3.8) is 0 Å². The normalized spacial score (nSPS) is 17.1. The van der Waals surface area contributed by atoms with Crippen LogP contribution in [0.4, 0.5) is 0 Å². The molecule has 0 aliphatic carbocycles. The Morgan fingerprint density at radius 2 is 2.12 bits per heavy atom. The molecule has 0 unspecified atom stereocenters. The van der Waals surface area contributed by atoms with Crippen molar-refractivity contribution in [2.75, 3.05) is 12.4 Å². The van der Waals surface area contributed by atoms with E-state index in [0.29, 0.717) is 23.8 Å². The Balaban J connectivity index is 2.08. The molecule has 4 heteroatoms. The van der Waals surface area contributed by atoms with Gasteiger partial charge in [0.15, 0.2) is 9.84 Å². The zero-order chi connectivity index (χ0) is 12.5. The third-order valence-electron chi connectivity index (χ3n) is 2.97. The average Bonchev–Trinajstić information content (AvgIpc) is 2.54. The summed E-state index contributed by atoms with van der Waals surface area (Å²) in [4.78, 5) is 0.480. The number of ether oxygens (including phenoxy) is 1. The first-order chi connectivity index (χ1) is 7.99. The van der Waals surface area contributed by atoms with E-state index in [4.69, 9.17) is 4.74 Å². The van der Waals surface area contributed by atoms with Gasteiger partial charge in [-0.25, -0.2) is 8.42 Å². The number of fused-ring (bicyclic) bond motifs is 1. The Kier molecular flexibility index (Phi) is 3.43. The lowest BCUT2D eigenvalue weighted by atomic mass is 10.1. The lowest BCUT2D eigenvalue weighted by Crippen LogP contribution is -2.02. The van der Waals surface area contributed by atoms with Gasteiger partial charge in [0.25, 0.3) is 0 Å². The maximum Gasteiger partial charge on any atom is 0.178 e. The zero-order valence-electron chi connectivity index (χ0n) is 10.3. The highest BCUT2D eigenvalue weighted by Crippen LogP contribution is 2.29. The fourth-order valence-corrected chi connectivity index (χ4v) is 3.46. The summed E-state index contributed by atoms with van der Waals surface area (Å²) in [5, 5.41) is 0. The van der Waals surface area contributed by atoms with Crippen LogP contribution in [0.5, 0.6) is 5.75 Å². The Labute approximate surface area is 103 Å². The molecule has 17 heavy (non-hydrogen) atoms. The molecule has 1 aliphatic rings. The van der Waals surface area contributed by atoms with Gasteiger partial charge in [-0.3, -0.25) is 0 Å². The molecule has 0 amide bonds. The molecule has 0 radical (unpaired) electrons. The van der Waals surface area contributed by atoms with Crippen molar-refractivity contribution in [3.8, 4) is 5.75 Å². The first kappa shape index (κ1) is 12.4. The van der Waals surface area contributed by atoms with Gasteiger partial charge in [0, 0.05) is 0 Å². The zero-order valence-corrected chi connectivity index (χ0v) is 11.1. The highest BCUT2D eigenvalue weighted by Gasteiger charge is 2.26. The third kappa shape index (κ3) is 2.80. The number of rotatable bonds is 4. The predicted octanol–water partition coefficient (Wildman–Crippen LogP) is 2.44. The highest BCUT2D eigenvalue weighted by molar-refractivity contribution is 7.91. The number of hydrogen-bond acceptors (Lipinski definition) is 3. The molecule has 1 aromatic carbocycles. The van der Waals surface area contributed by atoms with Crippen molar-refractivity contribution < 1.29 is 13.2 Å². The van der Waals surface area contributed by atoms with E-state index >= 15 is 0 Å². The van der Waals surface area contributed by atoms with E-state index in [1.165, 1.54) is 0 Å². The minimum atomic E-state index is -3.01. The van der Waals surface area contributed by atoms with E-state index in [0.717, 1.165) is 17.7 Å². The largest absolute Gasteiger partial charge is 0.494 e. The quantitative estimate of drug-likeness (QED) is 0.829. The summed E-state index contributed by atoms with van der Waals surface area (Å²) >= 11 is 0. The van der Waals surface area contributed by atoms with Crippen LogP contribution in [-0.4, -0.2) is 20.8 Å². The van der Waals surface area contributed by atoms with Crippen LogP contribution in [0.2, 0.25) is 0 Å². The number of benzene rings is 1. The van der Waals surface area contributed by atoms with Gasteiger partial charge in [-0.15, -0.1) is 0 Å². The molecule has 0 atom stereocenters. The monoisotopic (exact) mass is 254 g/mol. The van der Waals surface area contributed by atoms with Crippen LogP contribution in [0.1, 0.15) is 25.8 Å². The second-order valence-electron chi connectivity index (χ2n) is 4.87. The first-order valence-corrected chi connectivity index (χ1v) is 7.63. The van der Waals surface area contributed by atoms with E-state index in [1.807, 2.05) is 6.07 Å². The molecule has 0 bridgehead atoms. The van der Waals surface area contributed by atoms with Gasteiger partial charge >= 0.3 is 0 Å². The van der Waals surface area contributed by atoms with Crippen molar-refractivity contribution in [1.82, 2.24) is 0 Å². The molecule has 1 heterocycles. The molecule has 94 valence electrons. The van der Waals surface area contributed by atoms with Crippen molar-refractivity contribution >= 4 is 9.84 Å². The maximum atomic E-state index is 11.6. The summed E-state index contributed by atoms with van der Waals surface area (Å²) in [7, 11) is -3.01. The molecule has 0 saturated heterocycles. The molecule has 0 fully saturated rings. The second kappa shape index (κ2) is 4.69. The van der Waals surface area contributed by atoms with Gasteiger partial charge in [-0.2, -0.15) is 0 Å². The standard InChI is InChI=1S/C13H18O3S/c1-10(2)5-7-16-12-3-4-13-11(9-12)6-8-17(13,14)15/h3-4,9-10H,5-8H2,1-2H3. The Bertz CT molecular complexity index is 503. The topological polar surface area (TPSA) is 43.4 Å². The fourth-order valence-electron chi connectivity index (χ4n) is 1.91. The minimum absolute atomic E-state index is 0.234. The van der Waals surface area contributed by atoms with E-state index in [9.17, 15) is 8.42 Å². The summed E-state index contributed by atoms with van der Waals surface area (Å²) in [5.74, 6) is 1.63. The molecule has 1 aromatic rings. The van der Waals surface area contributed by atoms with Gasteiger partial charge in [0.05, 0.1) is 17.3 Å². The summed E-state index contributed by atoms with van der Waals surface area (Å²) in [6, 6.07) is 5.28. The first-order valence-electron chi connectivity index (χ1n) is 5.97. The van der Waals surface area contributed by atoms with E-state index in [-0.39, 0.29) is 5.75 Å². The summed E-state index contributed by atoms with van der Waals surface area (Å²) in [6.07, 6.45) is 1.62. The van der Waals surface area contributed by atoms with Crippen molar-refractivity contribution in [3.05, 3.63) is 23.8 Å². The van der Waals surface area contributed by atoms with Crippen LogP contribution >= 0.6 is 0 Å². The lowest BCUT2D eigenvalue weighted by Gasteiger charge is -2.09. The summed E-state index contributed by atoms with van der Waals surface area (Å²) in [6.45, 7) is 4.99. The molecule has 1 aliphatic heterocycles. The van der Waals surface area contributed by atoms with Crippen LogP contribution < -0.4 is 4.74 Å². The van der Waals surface area contributed by atoms with E-state index in [2.05, 4.69) is 13.8 Å². The molecule has 0 saturated carbocycles. The van der Waals surface area contributed by atoms with E-state index < -0.39 is 9.84 Å². The Morgan fingerprint density at radius 3 is 2.82 bits per heavy atom. The van der Waals surface area contributed by atoms with Crippen LogP contribution in [0.15, 0.2) is 23.1 Å². The third-order valence-corrected chi connectivity index (χ3v) is 4.78. The minimum Gasteiger partial charge on any atom is -0.494 e. The molecular weight excluding hydrogens is 236 g/mol. The van der Waals surface area contributed by atoms with Crippen LogP contribution in [0, 0.1) is 5.92 Å². The summed E-state index contributed by atoms with van der Waals surface area (Å²) in [5.41, 5.74) is 0.895. The predicted molar refractivity (Wildman–Crippen MR) is 67.1 cm³/mol. The van der Waals surface area contributed by atoms with Gasteiger partial charge in [-0.05, 0) is 42.5 Å². The fraction of sp³-hybridized carbons (Fsp3) is 0.538. The lowest BCUT2D eigenvalue weighted by molar-refractivity contribution is 0.289. The summed E-state index contributed by atoms with van der Waals surface area (Å²) < 4.78 is 28.9. The number of aryl methyl sites for hydroxylation is 1. The van der Waals surface area contributed by atoms with Gasteiger partial charge in [-0.1, -0.05) is 13.8 Å². The van der Waals surface area contributed by atoms with Crippen LogP contribution in [-0.2, 0) is 16.3 Å². The Hall–Kier alpha value is -1.03. The van der Waals surface area contributed by atoms with Crippen LogP contribution in [0.25, 0.3) is 0 Å². The number of hydrogen-bond donors (Lipinski definition) is 0. The van der Waals surface area contributed by atoms with E-state index in [1.54, 1.807) is 12.1 Å². The number of sulfone groups is 1. The molecule has 3 nitrogen and oxygen atoms in total. The van der Waals surface area contributed by atoms with Crippen molar-refractivity contribution in [2.45, 2.75) is 31.6 Å². The maximum absolute atomic E-state index is 11.6. The van der Waals surface area contributed by atoms with Crippen LogP contribution in [0.3, 0.4) is 0 Å².